The van der Waals surface area contributed by atoms with E-state index in [1.807, 2.05) is 44.3 Å². The Hall–Kier alpha value is -3.06. The zero-order chi connectivity index (χ0) is 80.4. The molecule has 106 heavy (non-hydrogen) atoms. The van der Waals surface area contributed by atoms with Gasteiger partial charge in [-0.15, -0.1) is 0 Å². The summed E-state index contributed by atoms with van der Waals surface area (Å²) < 4.78 is 74.2. The van der Waals surface area contributed by atoms with E-state index in [4.69, 9.17) is 36.6 Å². The minimum atomic E-state index is -0.530. The zero-order valence-corrected chi connectivity index (χ0v) is 76.0. The minimum absolute atomic E-state index is 0.0677. The second kappa shape index (κ2) is 65.5. The SMILES string of the molecule is C=C(C)C(=O)OPC.C=C(CC(=O)OPC)C(=O)OPC.C=COCC(CC)(COC=C)COPC.CPOC(=O)/C=C/C(=O)OPC.CPOC(=O)/C=C\C(=O)OPC.CPOC(=O)C1C2C=CC(C2)C1C(=O)OPC.CPOC(=O)C1CC=CCC1C(=O)OPC.CPOC1CC2CC1C1C=CCC21. The van der Waals surface area contributed by atoms with E-state index in [2.05, 4.69) is 83.7 Å². The highest BCUT2D eigenvalue weighted by atomic mass is 31.1. The van der Waals surface area contributed by atoms with Crippen molar-refractivity contribution in [1.82, 2.24) is 0 Å². The third kappa shape index (κ3) is 44.3. The van der Waals surface area contributed by atoms with Gasteiger partial charge in [0.05, 0.1) is 171 Å². The van der Waals surface area contributed by atoms with Crippen molar-refractivity contribution in [1.29, 1.82) is 0 Å². The lowest BCUT2D eigenvalue weighted by Gasteiger charge is -2.30. The van der Waals surface area contributed by atoms with Gasteiger partial charge in [-0.2, -0.15) is 0 Å². The monoisotopic (exact) mass is 1730 g/mol. The molecule has 600 valence electrons. The molecule has 0 aromatic carbocycles. The molecule has 0 aliphatic heterocycles. The quantitative estimate of drug-likeness (QED) is 0.0187. The minimum Gasteiger partial charge on any atom is -0.501 e. The molecular formula is C67H111O26P13. The van der Waals surface area contributed by atoms with E-state index in [9.17, 15) is 52.7 Å². The van der Waals surface area contributed by atoms with Crippen molar-refractivity contribution in [3.63, 3.8) is 0 Å². The molecule has 6 rings (SSSR count). The first-order chi connectivity index (χ1) is 50.7. The van der Waals surface area contributed by atoms with Crippen molar-refractivity contribution in [2.24, 2.45) is 64.6 Å². The normalized spacial score (nSPS) is 22.3. The van der Waals surface area contributed by atoms with Gasteiger partial charge < -0.3 is 68.3 Å². The van der Waals surface area contributed by atoms with Gasteiger partial charge in [-0.1, -0.05) is 69.7 Å². The topological polar surface area (TPSA) is 326 Å². The molecule has 26 nitrogen and oxygen atoms in total. The van der Waals surface area contributed by atoms with Gasteiger partial charge in [-0.3, -0.25) is 24.0 Å². The summed E-state index contributed by atoms with van der Waals surface area (Å²) >= 11 is 0. The van der Waals surface area contributed by atoms with Crippen LogP contribution in [-0.4, -0.2) is 178 Å². The van der Waals surface area contributed by atoms with Gasteiger partial charge in [0.2, 0.25) is 0 Å². The van der Waals surface area contributed by atoms with Gasteiger partial charge in [-0.05, 0) is 174 Å². The molecule has 4 bridgehead atoms. The van der Waals surface area contributed by atoms with E-state index in [1.165, 1.54) is 31.8 Å². The van der Waals surface area contributed by atoms with Crippen molar-refractivity contribution < 1.29 is 121 Å². The maximum absolute atomic E-state index is 11.9. The fraction of sp³-hybridized carbons (Fsp3) is 0.567. The standard InChI is InChI=1S/C11H16O4P2.C11H21O3P.C11H17OP.C10H16O4P2.C7H12O4P2.2C6H10O4P2.C5H9O2P/c1-16-14-10(12)8-6-3-4-7(5-6)9(8)11(13)15-17-2;1-5-11(8-12-6-2,9-13-7-3)10-14-15-4;1-13-12-11-6-7-5-10(11)9-4-2-3-8(7)9;1-15-13-9(11)7-5-3-4-6-8(7)10(12)14-16-2;1-5(7(9)11-13-3)4-6(8)10-12-2;2*1-11-9-5(7)3-4-6(8)10-12-2;1-4(2)5(6)7-8-3/h3-4,6-9,16-17H,5H2,1-2H3;6-7,15H,2-3,5,8-10H2,1,4H3;2,4,7-11,13H,3,5-6H2,1H3;3-4,7-8,15-16H,5-6H2,1-2H3;12-13H,1,4H2,2-3H3;2*3-4,11-12H,1-2H3;8H,1H2,2-3H3/b;;;;;4-3+;4-3-;. The van der Waals surface area contributed by atoms with Crippen LogP contribution in [0.2, 0.25) is 0 Å². The highest BCUT2D eigenvalue weighted by Crippen LogP contribution is 2.58. The number of hydrogen-bond acceptors (Lipinski definition) is 26. The summed E-state index contributed by atoms with van der Waals surface area (Å²) in [7, 11) is 2.41. The fourth-order valence-corrected chi connectivity index (χ4v) is 15.4. The van der Waals surface area contributed by atoms with Gasteiger partial charge in [0.25, 0.3) is 0 Å². The summed E-state index contributed by atoms with van der Waals surface area (Å²) in [6.45, 7) is 42.9. The average molecular weight is 1740 g/mol. The molecule has 0 aromatic rings. The predicted octanol–water partition coefficient (Wildman–Crippen LogP) is 14.8. The maximum atomic E-state index is 11.9. The summed E-state index contributed by atoms with van der Waals surface area (Å²) in [6, 6.07) is 0. The fourth-order valence-electron chi connectivity index (χ4n) is 10.9. The van der Waals surface area contributed by atoms with Crippen LogP contribution in [0.1, 0.15) is 65.2 Å². The van der Waals surface area contributed by atoms with Crippen LogP contribution >= 0.6 is 114 Å². The lowest BCUT2D eigenvalue weighted by atomic mass is 9.80. The Bertz CT molecular complexity index is 2730. The molecule has 6 aliphatic carbocycles. The van der Waals surface area contributed by atoms with E-state index in [1.54, 1.807) is 66.9 Å². The number of ether oxygens (including phenoxy) is 2. The van der Waals surface area contributed by atoms with Crippen LogP contribution in [0.4, 0.5) is 0 Å². The van der Waals surface area contributed by atoms with E-state index in [0.717, 1.165) is 60.8 Å². The molecule has 6 aliphatic rings. The van der Waals surface area contributed by atoms with Gasteiger partial charge >= 0.3 is 65.7 Å². The largest absolute Gasteiger partial charge is 0.501 e. The molecule has 0 heterocycles. The molecule has 24 unspecified atom stereocenters. The molecule has 3 saturated carbocycles. The number of carbonyl (C=O) groups is 11. The summed E-state index contributed by atoms with van der Waals surface area (Å²) in [5, 5.41) is 0. The smallest absolute Gasteiger partial charge is 0.336 e. The van der Waals surface area contributed by atoms with Crippen LogP contribution < -0.4 is 0 Å². The third-order valence-electron chi connectivity index (χ3n) is 15.5. The summed E-state index contributed by atoms with van der Waals surface area (Å²) in [4.78, 5) is 122. The summed E-state index contributed by atoms with van der Waals surface area (Å²) in [5.74, 6) is -1.76. The van der Waals surface area contributed by atoms with E-state index >= 15 is 0 Å². The van der Waals surface area contributed by atoms with Gasteiger partial charge in [0, 0.05) is 53.1 Å². The van der Waals surface area contributed by atoms with Crippen molar-refractivity contribution in [2.45, 2.75) is 71.3 Å². The van der Waals surface area contributed by atoms with Crippen LogP contribution in [0.15, 0.2) is 111 Å². The van der Waals surface area contributed by atoms with Gasteiger partial charge in [-0.25, -0.2) is 28.8 Å². The summed E-state index contributed by atoms with van der Waals surface area (Å²) in [6.07, 6.45) is 27.5. The second-order valence-electron chi connectivity index (χ2n) is 22.2. The molecule has 0 N–H and O–H groups in total. The molecule has 0 spiro atoms. The Kier molecular flexibility index (Phi) is 64.9. The average Bonchev–Trinajstić information content (AvgIpc) is 1.62. The zero-order valence-electron chi connectivity index (χ0n) is 63.0. The highest BCUT2D eigenvalue weighted by Gasteiger charge is 2.54. The molecule has 0 radical (unpaired) electrons. The summed E-state index contributed by atoms with van der Waals surface area (Å²) in [5.41, 5.74) is 0.489. The third-order valence-corrected chi connectivity index (χ3v) is 20.9. The Labute approximate surface area is 650 Å². The Morgan fingerprint density at radius 2 is 0.830 bits per heavy atom. The molecule has 3 fully saturated rings. The first kappa shape index (κ1) is 105. The first-order valence-electron chi connectivity index (χ1n) is 33.1. The Morgan fingerprint density at radius 3 is 1.18 bits per heavy atom. The maximum Gasteiger partial charge on any atom is 0.336 e. The molecular weight excluding hydrogens is 1620 g/mol. The molecule has 0 amide bonds. The van der Waals surface area contributed by atoms with E-state index < -0.39 is 35.8 Å². The Balaban J connectivity index is 0. The second-order valence-corrected chi connectivity index (χ2v) is 30.3. The lowest BCUT2D eigenvalue weighted by Crippen LogP contribution is -2.34. The van der Waals surface area contributed by atoms with Crippen LogP contribution in [0, 0.1) is 64.6 Å². The van der Waals surface area contributed by atoms with Crippen molar-refractivity contribution in [3.05, 3.63) is 111 Å². The predicted molar refractivity (Wildman–Crippen MR) is 445 cm³/mol. The van der Waals surface area contributed by atoms with Crippen LogP contribution in [0.5, 0.6) is 0 Å². The Morgan fingerprint density at radius 1 is 0.434 bits per heavy atom. The number of hydrogen-bond donors (Lipinski definition) is 0. The molecule has 39 heteroatoms. The van der Waals surface area contributed by atoms with Crippen molar-refractivity contribution >= 4 is 180 Å². The molecule has 24 atom stereocenters. The van der Waals surface area contributed by atoms with E-state index in [-0.39, 0.29) is 180 Å². The first-order valence-corrected chi connectivity index (χ1v) is 51.4. The number of allylic oxidation sites excluding steroid dienone is 6. The lowest BCUT2D eigenvalue weighted by molar-refractivity contribution is -0.149. The highest BCUT2D eigenvalue weighted by molar-refractivity contribution is 7.34. The number of carbonyl (C=O) groups excluding carboxylic acids is 11. The van der Waals surface area contributed by atoms with Crippen molar-refractivity contribution in [3.8, 4) is 0 Å². The van der Waals surface area contributed by atoms with Crippen molar-refractivity contribution in [2.75, 3.05) is 106 Å². The molecule has 0 saturated heterocycles. The van der Waals surface area contributed by atoms with Crippen LogP contribution in [0.3, 0.4) is 0 Å². The number of rotatable bonds is 35. The van der Waals surface area contributed by atoms with Crippen LogP contribution in [-0.2, 0) is 121 Å². The molecule has 0 aromatic heterocycles. The van der Waals surface area contributed by atoms with E-state index in [0.29, 0.717) is 62.0 Å². The number of fused-ring (bicyclic) bond motifs is 7. The van der Waals surface area contributed by atoms with Gasteiger partial charge in [0.1, 0.15) is 0 Å². The van der Waals surface area contributed by atoms with Crippen LogP contribution in [0.25, 0.3) is 0 Å². The van der Waals surface area contributed by atoms with Gasteiger partial charge in [0.15, 0.2) is 0 Å².